The summed E-state index contributed by atoms with van der Waals surface area (Å²) in [5, 5.41) is 6.74. The summed E-state index contributed by atoms with van der Waals surface area (Å²) in [6.45, 7) is 5.52. The number of alkyl halides is 3. The summed E-state index contributed by atoms with van der Waals surface area (Å²) in [6.07, 6.45) is -4.48. The molecule has 0 unspecified atom stereocenters. The first kappa shape index (κ1) is 18.8. The third-order valence-electron chi connectivity index (χ3n) is 2.87. The minimum absolute atomic E-state index is 0.214. The van der Waals surface area contributed by atoms with Gasteiger partial charge in [0.05, 0.1) is 0 Å². The minimum Gasteiger partial charge on any atom is -0.329 e. The highest BCUT2D eigenvalue weighted by Crippen LogP contribution is 2.23. The van der Waals surface area contributed by atoms with Gasteiger partial charge in [-0.2, -0.15) is 13.2 Å². The molecule has 0 saturated heterocycles. The average Bonchev–Trinajstić information content (AvgIpc) is 2.38. The third kappa shape index (κ3) is 6.58. The van der Waals surface area contributed by atoms with Gasteiger partial charge in [0.2, 0.25) is 5.91 Å². The highest BCUT2D eigenvalue weighted by Gasteiger charge is 2.27. The number of hydrogen-bond donors (Lipinski definition) is 3. The highest BCUT2D eigenvalue weighted by molar-refractivity contribution is 5.96. The lowest BCUT2D eigenvalue weighted by Crippen LogP contribution is -2.36. The van der Waals surface area contributed by atoms with Crippen molar-refractivity contribution in [2.24, 2.45) is 5.41 Å². The van der Waals surface area contributed by atoms with Crippen LogP contribution in [-0.4, -0.2) is 24.7 Å². The second-order valence-corrected chi connectivity index (χ2v) is 6.16. The summed E-state index contributed by atoms with van der Waals surface area (Å²) in [7, 11) is 0. The Morgan fingerprint density at radius 1 is 1.09 bits per heavy atom. The summed E-state index contributed by atoms with van der Waals surface area (Å²) in [4.78, 5) is 23.4. The molecule has 0 saturated carbocycles. The van der Waals surface area contributed by atoms with Crippen LogP contribution in [0.1, 0.15) is 26.3 Å². The lowest BCUT2D eigenvalue weighted by atomic mass is 9.95. The Morgan fingerprint density at radius 2 is 1.70 bits per heavy atom. The fourth-order valence-corrected chi connectivity index (χ4v) is 1.50. The van der Waals surface area contributed by atoms with Crippen LogP contribution in [0.15, 0.2) is 18.2 Å². The molecule has 0 aliphatic carbocycles. The standard InChI is InChI=1S/C15H20F3N3O2/c1-9-5-6-10(20-12(22)14(2,3)4)7-11(9)21-13(23)19-8-15(16,17)18/h5-7H,8H2,1-4H3,(H,20,22)(H2,19,21,23). The van der Waals surface area contributed by atoms with Crippen LogP contribution < -0.4 is 16.0 Å². The number of hydrogen-bond acceptors (Lipinski definition) is 2. The molecule has 0 heterocycles. The molecule has 0 bridgehead atoms. The number of halogens is 3. The van der Waals surface area contributed by atoms with Gasteiger partial charge in [-0.25, -0.2) is 4.79 Å². The monoisotopic (exact) mass is 331 g/mol. The van der Waals surface area contributed by atoms with Crippen LogP contribution in [0.4, 0.5) is 29.3 Å². The van der Waals surface area contributed by atoms with Gasteiger partial charge >= 0.3 is 12.2 Å². The van der Waals surface area contributed by atoms with Gasteiger partial charge < -0.3 is 16.0 Å². The summed E-state index contributed by atoms with van der Waals surface area (Å²) in [5.74, 6) is -0.214. The number of anilines is 2. The van der Waals surface area contributed by atoms with Gasteiger partial charge in [0.25, 0.3) is 0 Å². The van der Waals surface area contributed by atoms with Gasteiger partial charge in [-0.3, -0.25) is 4.79 Å². The summed E-state index contributed by atoms with van der Waals surface area (Å²) in [6, 6.07) is 3.83. The molecule has 128 valence electrons. The lowest BCUT2D eigenvalue weighted by Gasteiger charge is -2.18. The van der Waals surface area contributed by atoms with E-state index in [1.54, 1.807) is 45.1 Å². The van der Waals surface area contributed by atoms with Crippen molar-refractivity contribution in [1.29, 1.82) is 0 Å². The molecule has 0 radical (unpaired) electrons. The zero-order valence-corrected chi connectivity index (χ0v) is 13.4. The maximum atomic E-state index is 12.1. The minimum atomic E-state index is -4.48. The number of carbonyl (C=O) groups is 2. The van der Waals surface area contributed by atoms with E-state index in [0.29, 0.717) is 16.9 Å². The van der Waals surface area contributed by atoms with E-state index in [1.807, 2.05) is 0 Å². The van der Waals surface area contributed by atoms with Gasteiger partial charge in [-0.15, -0.1) is 0 Å². The summed E-state index contributed by atoms with van der Waals surface area (Å²) < 4.78 is 36.2. The van der Waals surface area contributed by atoms with Crippen LogP contribution in [0.5, 0.6) is 0 Å². The SMILES string of the molecule is Cc1ccc(NC(=O)C(C)(C)C)cc1NC(=O)NCC(F)(F)F. The molecule has 0 aromatic heterocycles. The number of amides is 3. The second-order valence-electron chi connectivity index (χ2n) is 6.16. The van der Waals surface area contributed by atoms with Crippen molar-refractivity contribution in [2.75, 3.05) is 17.2 Å². The molecule has 0 fully saturated rings. The fourth-order valence-electron chi connectivity index (χ4n) is 1.50. The van der Waals surface area contributed by atoms with Crippen molar-refractivity contribution in [3.05, 3.63) is 23.8 Å². The van der Waals surface area contributed by atoms with Crippen LogP contribution in [-0.2, 0) is 4.79 Å². The maximum Gasteiger partial charge on any atom is 0.405 e. The van der Waals surface area contributed by atoms with Gasteiger partial charge in [-0.1, -0.05) is 26.8 Å². The molecule has 0 aliphatic heterocycles. The topological polar surface area (TPSA) is 70.2 Å². The van der Waals surface area contributed by atoms with Crippen molar-refractivity contribution >= 4 is 23.3 Å². The largest absolute Gasteiger partial charge is 0.405 e. The van der Waals surface area contributed by atoms with E-state index in [2.05, 4.69) is 10.6 Å². The van der Waals surface area contributed by atoms with Gasteiger partial charge in [0, 0.05) is 16.8 Å². The molecule has 3 amide bonds. The predicted octanol–water partition coefficient (Wildman–Crippen LogP) is 3.66. The Bertz CT molecular complexity index is 593. The molecular formula is C15H20F3N3O2. The number of urea groups is 1. The van der Waals surface area contributed by atoms with Crippen LogP contribution in [0.3, 0.4) is 0 Å². The molecule has 0 atom stereocenters. The van der Waals surface area contributed by atoms with E-state index in [4.69, 9.17) is 0 Å². The van der Waals surface area contributed by atoms with E-state index in [0.717, 1.165) is 0 Å². The Balaban J connectivity index is 2.78. The smallest absolute Gasteiger partial charge is 0.329 e. The first-order valence-electron chi connectivity index (χ1n) is 6.92. The molecule has 8 heteroatoms. The molecule has 5 nitrogen and oxygen atoms in total. The van der Waals surface area contributed by atoms with Crippen molar-refractivity contribution in [1.82, 2.24) is 5.32 Å². The second kappa shape index (κ2) is 6.89. The van der Waals surface area contributed by atoms with Gasteiger partial charge in [0.15, 0.2) is 0 Å². The Hall–Kier alpha value is -2.25. The van der Waals surface area contributed by atoms with Crippen molar-refractivity contribution in [2.45, 2.75) is 33.9 Å². The number of nitrogens with one attached hydrogen (secondary N) is 3. The average molecular weight is 331 g/mol. The van der Waals surface area contributed by atoms with Crippen LogP contribution in [0, 0.1) is 12.3 Å². The Morgan fingerprint density at radius 3 is 2.22 bits per heavy atom. The molecule has 1 aromatic rings. The highest BCUT2D eigenvalue weighted by atomic mass is 19.4. The molecule has 3 N–H and O–H groups in total. The van der Waals surface area contributed by atoms with E-state index < -0.39 is 24.2 Å². The van der Waals surface area contributed by atoms with Gasteiger partial charge in [-0.05, 0) is 24.6 Å². The number of aryl methyl sites for hydroxylation is 1. The van der Waals surface area contributed by atoms with Crippen LogP contribution in [0.2, 0.25) is 0 Å². The van der Waals surface area contributed by atoms with Crippen molar-refractivity contribution < 1.29 is 22.8 Å². The molecule has 0 spiro atoms. The first-order chi connectivity index (χ1) is 10.4. The first-order valence-corrected chi connectivity index (χ1v) is 6.92. The third-order valence-corrected chi connectivity index (χ3v) is 2.87. The van der Waals surface area contributed by atoms with Crippen LogP contribution >= 0.6 is 0 Å². The lowest BCUT2D eigenvalue weighted by molar-refractivity contribution is -0.123. The fraction of sp³-hybridized carbons (Fsp3) is 0.467. The molecule has 1 rings (SSSR count). The molecule has 23 heavy (non-hydrogen) atoms. The van der Waals surface area contributed by atoms with E-state index in [1.165, 1.54) is 6.07 Å². The van der Waals surface area contributed by atoms with Crippen molar-refractivity contribution in [3.8, 4) is 0 Å². The Labute approximate surface area is 132 Å². The zero-order chi connectivity index (χ0) is 17.8. The number of carbonyl (C=O) groups excluding carboxylic acids is 2. The predicted molar refractivity (Wildman–Crippen MR) is 82.3 cm³/mol. The van der Waals surface area contributed by atoms with E-state index in [-0.39, 0.29) is 5.91 Å². The quantitative estimate of drug-likeness (QED) is 0.791. The van der Waals surface area contributed by atoms with Crippen LogP contribution in [0.25, 0.3) is 0 Å². The number of benzene rings is 1. The van der Waals surface area contributed by atoms with Gasteiger partial charge in [0.1, 0.15) is 6.54 Å². The number of rotatable bonds is 3. The molecule has 1 aromatic carbocycles. The molecular weight excluding hydrogens is 311 g/mol. The molecule has 0 aliphatic rings. The summed E-state index contributed by atoms with van der Waals surface area (Å²) >= 11 is 0. The van der Waals surface area contributed by atoms with E-state index in [9.17, 15) is 22.8 Å². The maximum absolute atomic E-state index is 12.1. The summed E-state index contributed by atoms with van der Waals surface area (Å²) in [5.41, 5.74) is 0.821. The van der Waals surface area contributed by atoms with E-state index >= 15 is 0 Å². The normalized spacial score (nSPS) is 11.8. The Kier molecular flexibility index (Phi) is 5.63. The van der Waals surface area contributed by atoms with Crippen molar-refractivity contribution in [3.63, 3.8) is 0 Å². The zero-order valence-electron chi connectivity index (χ0n) is 13.4.